The van der Waals surface area contributed by atoms with Gasteiger partial charge in [0.15, 0.2) is 0 Å². The number of ether oxygens (including phenoxy) is 1. The minimum Gasteiger partial charge on any atom is -0.374 e. The minimum atomic E-state index is 0. The number of benzene rings is 1. The van der Waals surface area contributed by atoms with Gasteiger partial charge >= 0.3 is 0 Å². The highest BCUT2D eigenvalue weighted by Crippen LogP contribution is 2.32. The number of hydrogen-bond donors (Lipinski definition) is 2. The van der Waals surface area contributed by atoms with Crippen LogP contribution in [-0.4, -0.2) is 18.6 Å². The van der Waals surface area contributed by atoms with Crippen molar-refractivity contribution in [1.82, 2.24) is 0 Å². The summed E-state index contributed by atoms with van der Waals surface area (Å²) in [6.45, 7) is 1.27. The number of hydrogen-bond acceptors (Lipinski definition) is 3. The van der Waals surface area contributed by atoms with E-state index in [1.807, 2.05) is 24.3 Å². The molecule has 1 amide bonds. The first-order valence-corrected chi connectivity index (χ1v) is 8.97. The monoisotopic (exact) mass is 352 g/mol. The lowest BCUT2D eigenvalue weighted by Crippen LogP contribution is -2.29. The molecule has 5 heteroatoms. The number of halogens is 1. The van der Waals surface area contributed by atoms with Crippen molar-refractivity contribution in [2.45, 2.75) is 57.7 Å². The lowest BCUT2D eigenvalue weighted by molar-refractivity contribution is -0.120. The third kappa shape index (κ3) is 4.95. The fraction of sp³-hybridized carbons (Fsp3) is 0.632. The summed E-state index contributed by atoms with van der Waals surface area (Å²) in [4.78, 5) is 12.4. The fourth-order valence-corrected chi connectivity index (χ4v) is 3.85. The van der Waals surface area contributed by atoms with Gasteiger partial charge < -0.3 is 15.8 Å². The van der Waals surface area contributed by atoms with Crippen LogP contribution in [0.1, 0.15) is 50.5 Å². The average Bonchev–Trinajstić information content (AvgIpc) is 3.25. The van der Waals surface area contributed by atoms with Crippen LogP contribution in [0.4, 0.5) is 5.69 Å². The van der Waals surface area contributed by atoms with E-state index in [0.29, 0.717) is 25.2 Å². The number of nitrogens with one attached hydrogen (secondary N) is 1. The summed E-state index contributed by atoms with van der Waals surface area (Å²) in [6, 6.07) is 8.02. The summed E-state index contributed by atoms with van der Waals surface area (Å²) < 4.78 is 5.92. The van der Waals surface area contributed by atoms with Gasteiger partial charge in [0.2, 0.25) is 5.91 Å². The molecule has 2 aliphatic carbocycles. The van der Waals surface area contributed by atoms with Crippen molar-refractivity contribution < 1.29 is 9.53 Å². The molecule has 134 valence electrons. The van der Waals surface area contributed by atoms with Gasteiger partial charge in [0.05, 0.1) is 12.7 Å². The highest BCUT2D eigenvalue weighted by atomic mass is 35.5. The van der Waals surface area contributed by atoms with Crippen LogP contribution in [0.25, 0.3) is 0 Å². The predicted octanol–water partition coefficient (Wildman–Crippen LogP) is 3.88. The van der Waals surface area contributed by atoms with E-state index in [1.54, 1.807) is 0 Å². The van der Waals surface area contributed by atoms with E-state index < -0.39 is 0 Å². The van der Waals surface area contributed by atoms with Crippen molar-refractivity contribution in [3.63, 3.8) is 0 Å². The van der Waals surface area contributed by atoms with Crippen molar-refractivity contribution in [3.8, 4) is 0 Å². The van der Waals surface area contributed by atoms with E-state index in [-0.39, 0.29) is 24.2 Å². The number of carbonyl (C=O) groups is 1. The molecule has 0 bridgehead atoms. The summed E-state index contributed by atoms with van der Waals surface area (Å²) in [5, 5.41) is 3.04. The van der Waals surface area contributed by atoms with Gasteiger partial charge in [0.1, 0.15) is 0 Å². The van der Waals surface area contributed by atoms with E-state index >= 15 is 0 Å². The number of anilines is 1. The van der Waals surface area contributed by atoms with Crippen LogP contribution in [0.2, 0.25) is 0 Å². The largest absolute Gasteiger partial charge is 0.374 e. The smallest absolute Gasteiger partial charge is 0.227 e. The van der Waals surface area contributed by atoms with Crippen LogP contribution in [0, 0.1) is 11.8 Å². The highest BCUT2D eigenvalue weighted by Gasteiger charge is 2.31. The second kappa shape index (κ2) is 9.40. The van der Waals surface area contributed by atoms with E-state index in [2.05, 4.69) is 5.32 Å². The third-order valence-corrected chi connectivity index (χ3v) is 5.31. The summed E-state index contributed by atoms with van der Waals surface area (Å²) in [5.41, 5.74) is 7.79. The molecule has 2 aliphatic rings. The number of amides is 1. The van der Waals surface area contributed by atoms with Crippen molar-refractivity contribution in [2.24, 2.45) is 17.6 Å². The Labute approximate surface area is 150 Å². The predicted molar refractivity (Wildman–Crippen MR) is 99.3 cm³/mol. The van der Waals surface area contributed by atoms with Crippen molar-refractivity contribution in [2.75, 3.05) is 11.9 Å². The molecule has 3 N–H and O–H groups in total. The second-order valence-electron chi connectivity index (χ2n) is 6.94. The van der Waals surface area contributed by atoms with Gasteiger partial charge in [-0.05, 0) is 55.8 Å². The quantitative estimate of drug-likeness (QED) is 0.816. The molecule has 0 heterocycles. The van der Waals surface area contributed by atoms with Gasteiger partial charge in [-0.15, -0.1) is 12.4 Å². The van der Waals surface area contributed by atoms with Crippen LogP contribution in [0.5, 0.6) is 0 Å². The van der Waals surface area contributed by atoms with Gasteiger partial charge in [-0.1, -0.05) is 31.4 Å². The zero-order chi connectivity index (χ0) is 16.1. The van der Waals surface area contributed by atoms with E-state index in [1.165, 1.54) is 25.7 Å². The van der Waals surface area contributed by atoms with Crippen LogP contribution >= 0.6 is 12.4 Å². The molecule has 2 fully saturated rings. The van der Waals surface area contributed by atoms with Crippen molar-refractivity contribution >= 4 is 24.0 Å². The summed E-state index contributed by atoms with van der Waals surface area (Å²) in [7, 11) is 0. The maximum atomic E-state index is 12.4. The number of rotatable bonds is 6. The Balaban J connectivity index is 0.00000208. The van der Waals surface area contributed by atoms with E-state index in [4.69, 9.17) is 10.5 Å². The highest BCUT2D eigenvalue weighted by molar-refractivity contribution is 5.92. The molecule has 1 aromatic carbocycles. The minimum absolute atomic E-state index is 0. The van der Waals surface area contributed by atoms with Gasteiger partial charge in [0, 0.05) is 11.6 Å². The van der Waals surface area contributed by atoms with Gasteiger partial charge in [-0.25, -0.2) is 0 Å². The molecule has 0 aromatic heterocycles. The Bertz CT molecular complexity index is 515. The first-order chi connectivity index (χ1) is 11.3. The van der Waals surface area contributed by atoms with Crippen molar-refractivity contribution in [3.05, 3.63) is 29.8 Å². The van der Waals surface area contributed by atoms with Crippen LogP contribution < -0.4 is 11.1 Å². The normalized spacial score (nSPS) is 23.9. The zero-order valence-corrected chi connectivity index (χ0v) is 15.0. The molecule has 4 nitrogen and oxygen atoms in total. The van der Waals surface area contributed by atoms with Crippen LogP contribution in [0.3, 0.4) is 0 Å². The SMILES string of the molecule is Cl.NC[C@H]1CCC[C@H]1C(=O)Nc1ccc(COC2CCCC2)cc1. The average molecular weight is 353 g/mol. The Morgan fingerprint density at radius 3 is 2.46 bits per heavy atom. The number of nitrogens with two attached hydrogens (primary N) is 1. The second-order valence-corrected chi connectivity index (χ2v) is 6.94. The fourth-order valence-electron chi connectivity index (χ4n) is 3.85. The van der Waals surface area contributed by atoms with E-state index in [9.17, 15) is 4.79 Å². The molecule has 2 saturated carbocycles. The van der Waals surface area contributed by atoms with Gasteiger partial charge in [-0.3, -0.25) is 4.79 Å². The molecule has 24 heavy (non-hydrogen) atoms. The first kappa shape index (κ1) is 19.2. The zero-order valence-electron chi connectivity index (χ0n) is 14.2. The van der Waals surface area contributed by atoms with Gasteiger partial charge in [0.25, 0.3) is 0 Å². The third-order valence-electron chi connectivity index (χ3n) is 5.31. The molecule has 0 aliphatic heterocycles. The Kier molecular flexibility index (Phi) is 7.53. The molecule has 0 unspecified atom stereocenters. The molecular weight excluding hydrogens is 324 g/mol. The van der Waals surface area contributed by atoms with E-state index in [0.717, 1.165) is 30.5 Å². The Morgan fingerprint density at radius 2 is 1.79 bits per heavy atom. The molecule has 0 saturated heterocycles. The topological polar surface area (TPSA) is 64.4 Å². The standard InChI is InChI=1S/C19H28N2O2.ClH/c20-12-15-4-3-7-18(15)19(22)21-16-10-8-14(9-11-16)13-23-17-5-1-2-6-17;/h8-11,15,17-18H,1-7,12-13,20H2,(H,21,22);1H/t15-,18-;/m1./s1. The van der Waals surface area contributed by atoms with Crippen molar-refractivity contribution in [1.29, 1.82) is 0 Å². The Hall–Kier alpha value is -1.10. The van der Waals surface area contributed by atoms with Crippen LogP contribution in [0.15, 0.2) is 24.3 Å². The van der Waals surface area contributed by atoms with Crippen LogP contribution in [-0.2, 0) is 16.1 Å². The maximum absolute atomic E-state index is 12.4. The molecule has 0 radical (unpaired) electrons. The summed E-state index contributed by atoms with van der Waals surface area (Å²) in [5.74, 6) is 0.535. The lowest BCUT2D eigenvalue weighted by Gasteiger charge is -2.17. The molecule has 3 rings (SSSR count). The molecule has 1 aromatic rings. The maximum Gasteiger partial charge on any atom is 0.227 e. The molecule has 2 atom stereocenters. The lowest BCUT2D eigenvalue weighted by atomic mass is 9.95. The Morgan fingerprint density at radius 1 is 1.08 bits per heavy atom. The molecular formula is C19H29ClN2O2. The summed E-state index contributed by atoms with van der Waals surface area (Å²) in [6.07, 6.45) is 8.55. The first-order valence-electron chi connectivity index (χ1n) is 8.97. The summed E-state index contributed by atoms with van der Waals surface area (Å²) >= 11 is 0. The number of carbonyl (C=O) groups excluding carboxylic acids is 1. The van der Waals surface area contributed by atoms with Gasteiger partial charge in [-0.2, -0.15) is 0 Å². The molecule has 0 spiro atoms.